The van der Waals surface area contributed by atoms with Crippen molar-refractivity contribution in [3.8, 4) is 0 Å². The number of imidazole rings is 1. The number of likely N-dealkylation sites (N-methyl/N-ethyl adjacent to an activating group) is 1. The van der Waals surface area contributed by atoms with E-state index >= 15 is 0 Å². The second kappa shape index (κ2) is 8.13. The number of hydrogen-bond acceptors (Lipinski definition) is 4. The minimum atomic E-state index is -1.08. The Morgan fingerprint density at radius 3 is 2.61 bits per heavy atom. The van der Waals surface area contributed by atoms with E-state index in [9.17, 15) is 18.4 Å². The van der Waals surface area contributed by atoms with Crippen molar-refractivity contribution in [1.29, 1.82) is 0 Å². The number of nitrogens with zero attached hydrogens (tertiary/aromatic N) is 3. The van der Waals surface area contributed by atoms with Gasteiger partial charge < -0.3 is 15.5 Å². The molecule has 0 aliphatic rings. The van der Waals surface area contributed by atoms with Crippen LogP contribution in [0, 0.1) is 11.6 Å². The zero-order valence-corrected chi connectivity index (χ0v) is 15.4. The molecule has 0 saturated carbocycles. The van der Waals surface area contributed by atoms with Gasteiger partial charge in [-0.05, 0) is 38.4 Å². The molecule has 2 N–H and O–H groups in total. The van der Waals surface area contributed by atoms with Crippen LogP contribution in [0.25, 0.3) is 5.52 Å². The Hall–Kier alpha value is -3.33. The van der Waals surface area contributed by atoms with Gasteiger partial charge in [0.1, 0.15) is 0 Å². The monoisotopic (exact) mass is 387 g/mol. The van der Waals surface area contributed by atoms with Crippen molar-refractivity contribution >= 4 is 23.0 Å². The van der Waals surface area contributed by atoms with Gasteiger partial charge in [-0.2, -0.15) is 0 Å². The van der Waals surface area contributed by atoms with Gasteiger partial charge in [-0.1, -0.05) is 6.07 Å². The summed E-state index contributed by atoms with van der Waals surface area (Å²) >= 11 is 0. The van der Waals surface area contributed by atoms with Gasteiger partial charge in [0.25, 0.3) is 11.8 Å². The molecule has 0 bridgehead atoms. The average Bonchev–Trinajstić information content (AvgIpc) is 3.04. The second-order valence-electron chi connectivity index (χ2n) is 6.38. The Morgan fingerprint density at radius 2 is 1.89 bits per heavy atom. The molecule has 3 rings (SSSR count). The third kappa shape index (κ3) is 4.15. The SMILES string of the molecule is CN(C)CCNC(=O)c1nc(C(=O)Nc2ccc(F)c(F)c2)c2ccccn12. The number of carbonyl (C=O) groups excluding carboxylic acids is 2. The number of pyridine rings is 1. The third-order valence-corrected chi connectivity index (χ3v) is 3.99. The maximum absolute atomic E-state index is 13.4. The Bertz CT molecular complexity index is 1030. The minimum absolute atomic E-state index is 0.00286. The van der Waals surface area contributed by atoms with E-state index in [4.69, 9.17) is 0 Å². The molecule has 1 aromatic carbocycles. The third-order valence-electron chi connectivity index (χ3n) is 3.99. The van der Waals surface area contributed by atoms with E-state index in [-0.39, 0.29) is 17.2 Å². The molecule has 0 unspecified atom stereocenters. The van der Waals surface area contributed by atoms with Crippen LogP contribution in [0.15, 0.2) is 42.6 Å². The molecule has 2 amide bonds. The van der Waals surface area contributed by atoms with Crippen LogP contribution in [0.3, 0.4) is 0 Å². The van der Waals surface area contributed by atoms with Crippen LogP contribution in [-0.4, -0.2) is 53.3 Å². The van der Waals surface area contributed by atoms with E-state index in [0.29, 0.717) is 18.6 Å². The van der Waals surface area contributed by atoms with Gasteiger partial charge in [0.2, 0.25) is 5.82 Å². The summed E-state index contributed by atoms with van der Waals surface area (Å²) < 4.78 is 27.9. The lowest BCUT2D eigenvalue weighted by Crippen LogP contribution is -2.32. The molecule has 3 aromatic rings. The van der Waals surface area contributed by atoms with E-state index in [0.717, 1.165) is 12.1 Å². The molecule has 28 heavy (non-hydrogen) atoms. The second-order valence-corrected chi connectivity index (χ2v) is 6.38. The fourth-order valence-electron chi connectivity index (χ4n) is 2.60. The first-order chi connectivity index (χ1) is 13.4. The molecule has 0 atom stereocenters. The molecule has 0 radical (unpaired) electrons. The van der Waals surface area contributed by atoms with Crippen molar-refractivity contribution in [2.45, 2.75) is 0 Å². The molecule has 0 aliphatic carbocycles. The number of benzene rings is 1. The number of aromatic nitrogens is 2. The van der Waals surface area contributed by atoms with Gasteiger partial charge in [0.15, 0.2) is 17.3 Å². The molecule has 146 valence electrons. The zero-order valence-electron chi connectivity index (χ0n) is 15.4. The van der Waals surface area contributed by atoms with Crippen LogP contribution < -0.4 is 10.6 Å². The molecule has 0 saturated heterocycles. The number of halogens is 2. The lowest BCUT2D eigenvalue weighted by atomic mass is 10.2. The van der Waals surface area contributed by atoms with Crippen LogP contribution in [0.4, 0.5) is 14.5 Å². The minimum Gasteiger partial charge on any atom is -0.348 e. The number of carbonyl (C=O) groups is 2. The lowest BCUT2D eigenvalue weighted by Gasteiger charge is -2.09. The Balaban J connectivity index is 1.87. The van der Waals surface area contributed by atoms with Crippen molar-refractivity contribution in [2.24, 2.45) is 0 Å². The van der Waals surface area contributed by atoms with Crippen molar-refractivity contribution < 1.29 is 18.4 Å². The first-order valence-electron chi connectivity index (χ1n) is 8.53. The van der Waals surface area contributed by atoms with Crippen molar-refractivity contribution in [1.82, 2.24) is 19.6 Å². The normalized spacial score (nSPS) is 11.0. The molecule has 9 heteroatoms. The van der Waals surface area contributed by atoms with Crippen molar-refractivity contribution in [2.75, 3.05) is 32.5 Å². The van der Waals surface area contributed by atoms with Crippen molar-refractivity contribution in [3.63, 3.8) is 0 Å². The molecule has 0 aliphatic heterocycles. The largest absolute Gasteiger partial charge is 0.348 e. The Labute approximate surface area is 160 Å². The molecular weight excluding hydrogens is 368 g/mol. The van der Waals surface area contributed by atoms with E-state index in [2.05, 4.69) is 15.6 Å². The summed E-state index contributed by atoms with van der Waals surface area (Å²) in [4.78, 5) is 31.2. The standard InChI is InChI=1S/C19H19F2N5O2/c1-25(2)10-8-22-19(28)17-24-16(15-5-3-4-9-26(15)17)18(27)23-12-6-7-13(20)14(21)11-12/h3-7,9,11H,8,10H2,1-2H3,(H,22,28)(H,23,27). The summed E-state index contributed by atoms with van der Waals surface area (Å²) in [5.41, 5.74) is 0.501. The molecule has 0 spiro atoms. The first kappa shape index (κ1) is 19.4. The highest BCUT2D eigenvalue weighted by atomic mass is 19.2. The highest BCUT2D eigenvalue weighted by Crippen LogP contribution is 2.17. The highest BCUT2D eigenvalue weighted by Gasteiger charge is 2.21. The summed E-state index contributed by atoms with van der Waals surface area (Å²) in [5, 5.41) is 5.22. The van der Waals surface area contributed by atoms with E-state index < -0.39 is 23.4 Å². The first-order valence-corrected chi connectivity index (χ1v) is 8.53. The van der Waals surface area contributed by atoms with Crippen molar-refractivity contribution in [3.05, 3.63) is 65.7 Å². The fourth-order valence-corrected chi connectivity index (χ4v) is 2.60. The molecule has 0 fully saturated rings. The maximum Gasteiger partial charge on any atom is 0.287 e. The number of fused-ring (bicyclic) bond motifs is 1. The number of amides is 2. The quantitative estimate of drug-likeness (QED) is 0.679. The number of hydrogen-bond donors (Lipinski definition) is 2. The Morgan fingerprint density at radius 1 is 1.11 bits per heavy atom. The topological polar surface area (TPSA) is 78.7 Å². The summed E-state index contributed by atoms with van der Waals surface area (Å²) in [5.74, 6) is -3.09. The predicted molar refractivity (Wildman–Crippen MR) is 100 cm³/mol. The smallest absolute Gasteiger partial charge is 0.287 e. The molecule has 7 nitrogen and oxygen atoms in total. The van der Waals surface area contributed by atoms with Crippen LogP contribution in [0.2, 0.25) is 0 Å². The average molecular weight is 387 g/mol. The van der Waals surface area contributed by atoms with Gasteiger partial charge in [-0.25, -0.2) is 13.8 Å². The number of nitrogens with one attached hydrogen (secondary N) is 2. The van der Waals surface area contributed by atoms with Crippen LogP contribution in [0.5, 0.6) is 0 Å². The van der Waals surface area contributed by atoms with Gasteiger partial charge >= 0.3 is 0 Å². The van der Waals surface area contributed by atoms with E-state index in [1.807, 2.05) is 19.0 Å². The van der Waals surface area contributed by atoms with Crippen LogP contribution in [0.1, 0.15) is 21.1 Å². The summed E-state index contributed by atoms with van der Waals surface area (Å²) in [6, 6.07) is 8.09. The zero-order chi connectivity index (χ0) is 20.3. The number of anilines is 1. The molecule has 2 heterocycles. The highest BCUT2D eigenvalue weighted by molar-refractivity contribution is 6.08. The van der Waals surface area contributed by atoms with E-state index in [1.54, 1.807) is 24.4 Å². The number of rotatable bonds is 6. The van der Waals surface area contributed by atoms with Crippen LogP contribution in [-0.2, 0) is 0 Å². The molecular formula is C19H19F2N5O2. The summed E-state index contributed by atoms with van der Waals surface area (Å²) in [6.45, 7) is 1.07. The van der Waals surface area contributed by atoms with Gasteiger partial charge in [0.05, 0.1) is 5.52 Å². The van der Waals surface area contributed by atoms with Gasteiger partial charge in [-0.15, -0.1) is 0 Å². The molecule has 2 aromatic heterocycles. The Kier molecular flexibility index (Phi) is 5.65. The van der Waals surface area contributed by atoms with Crippen LogP contribution >= 0.6 is 0 Å². The summed E-state index contributed by atoms with van der Waals surface area (Å²) in [6.07, 6.45) is 1.62. The van der Waals surface area contributed by atoms with Gasteiger partial charge in [-0.3, -0.25) is 14.0 Å². The maximum atomic E-state index is 13.4. The fraction of sp³-hybridized carbons (Fsp3) is 0.211. The van der Waals surface area contributed by atoms with Gasteiger partial charge in [0, 0.05) is 31.0 Å². The lowest BCUT2D eigenvalue weighted by molar-refractivity contribution is 0.0940. The van der Waals surface area contributed by atoms with E-state index in [1.165, 1.54) is 10.5 Å². The predicted octanol–water partition coefficient (Wildman–Crippen LogP) is 2.16. The summed E-state index contributed by atoms with van der Waals surface area (Å²) in [7, 11) is 3.77.